The first-order valence-corrected chi connectivity index (χ1v) is 7.29. The molecule has 9 heavy (non-hydrogen) atoms. The van der Waals surface area contributed by atoms with Gasteiger partial charge >= 0.3 is 0 Å². The van der Waals surface area contributed by atoms with Crippen molar-refractivity contribution in [3.05, 3.63) is 0 Å². The topological polar surface area (TPSA) is 26.3 Å². The summed E-state index contributed by atoms with van der Waals surface area (Å²) in [6, 6.07) is 1.11. The highest BCUT2D eigenvalue weighted by Crippen LogP contribution is 2.17. The molecule has 0 saturated carbocycles. The van der Waals surface area contributed by atoms with Crippen molar-refractivity contribution < 1.29 is 8.78 Å². The maximum Gasteiger partial charge on any atom is 0.194 e. The van der Waals surface area contributed by atoms with Crippen molar-refractivity contribution in [2.24, 2.45) is 0 Å². The Morgan fingerprint density at radius 1 is 1.56 bits per heavy atom. The van der Waals surface area contributed by atoms with Crippen molar-refractivity contribution in [1.82, 2.24) is 0 Å². The van der Waals surface area contributed by atoms with E-state index in [9.17, 15) is 4.57 Å². The van der Waals surface area contributed by atoms with Crippen LogP contribution in [0.2, 0.25) is 19.1 Å². The molecule has 0 spiro atoms. The van der Waals surface area contributed by atoms with Gasteiger partial charge in [-0.25, -0.2) is 0 Å². The Kier molecular flexibility index (Phi) is 4.45. The summed E-state index contributed by atoms with van der Waals surface area (Å²) in [5.74, 6) is 0. The largest absolute Gasteiger partial charge is 0.374 e. The minimum absolute atomic E-state index is 0.984. The van der Waals surface area contributed by atoms with Gasteiger partial charge in [0.2, 0.25) is 0 Å². The molecule has 0 rings (SSSR count). The third-order valence-corrected chi connectivity index (χ3v) is 5.86. The zero-order chi connectivity index (χ0) is 7.33. The highest BCUT2D eigenvalue weighted by Gasteiger charge is 2.19. The van der Waals surface area contributed by atoms with Crippen LogP contribution < -0.4 is 0 Å². The molecular formula is C5H15O2PSi. The first kappa shape index (κ1) is 9.41. The van der Waals surface area contributed by atoms with Crippen molar-refractivity contribution in [2.75, 3.05) is 0 Å². The van der Waals surface area contributed by atoms with E-state index in [-0.39, 0.29) is 0 Å². The van der Waals surface area contributed by atoms with Crippen molar-refractivity contribution >= 4 is 17.0 Å². The van der Waals surface area contributed by atoms with Crippen LogP contribution >= 0.6 is 8.69 Å². The molecule has 0 aliphatic carbocycles. The van der Waals surface area contributed by atoms with Gasteiger partial charge in [0.05, 0.1) is 0 Å². The maximum atomic E-state index is 10.1. The van der Waals surface area contributed by atoms with E-state index in [0.29, 0.717) is 0 Å². The summed E-state index contributed by atoms with van der Waals surface area (Å²) in [5.41, 5.74) is 0. The first-order chi connectivity index (χ1) is 4.12. The van der Waals surface area contributed by atoms with Crippen molar-refractivity contribution in [3.8, 4) is 0 Å². The van der Waals surface area contributed by atoms with Gasteiger partial charge < -0.3 is 8.78 Å². The summed E-state index contributed by atoms with van der Waals surface area (Å²) < 4.78 is 15.3. The summed E-state index contributed by atoms with van der Waals surface area (Å²) >= 11 is 0. The van der Waals surface area contributed by atoms with Gasteiger partial charge in [-0.05, 0) is 19.1 Å². The molecule has 0 N–H and O–H groups in total. The highest BCUT2D eigenvalue weighted by molar-refractivity contribution is 7.20. The minimum Gasteiger partial charge on any atom is -0.374 e. The zero-order valence-corrected chi connectivity index (χ0v) is 8.46. The van der Waals surface area contributed by atoms with E-state index in [4.69, 9.17) is 4.21 Å². The number of rotatable bonds is 4. The Morgan fingerprint density at radius 3 is 2.44 bits per heavy atom. The van der Waals surface area contributed by atoms with Gasteiger partial charge in [-0.3, -0.25) is 0 Å². The standard InChI is InChI=1S/C5H15O2PSi/c1-4-5-9(2,3)7-8-6/h4-5,8H2,1-3H3. The molecule has 1 unspecified atom stereocenters. The third-order valence-electron chi connectivity index (χ3n) is 1.22. The van der Waals surface area contributed by atoms with Gasteiger partial charge in [0, 0.05) is 0 Å². The van der Waals surface area contributed by atoms with Gasteiger partial charge in [-0.15, -0.1) is 0 Å². The molecule has 0 aromatic heterocycles. The van der Waals surface area contributed by atoms with Gasteiger partial charge in [-0.2, -0.15) is 0 Å². The molecule has 0 aromatic rings. The highest BCUT2D eigenvalue weighted by atomic mass is 31.1. The van der Waals surface area contributed by atoms with Crippen molar-refractivity contribution in [2.45, 2.75) is 32.5 Å². The second-order valence-corrected chi connectivity index (χ2v) is 7.88. The lowest BCUT2D eigenvalue weighted by molar-refractivity contribution is 0.520. The smallest absolute Gasteiger partial charge is 0.194 e. The van der Waals surface area contributed by atoms with E-state index < -0.39 is 17.0 Å². The van der Waals surface area contributed by atoms with Crippen LogP contribution in [0.1, 0.15) is 13.3 Å². The average molecular weight is 166 g/mol. The maximum absolute atomic E-state index is 10.1. The quantitative estimate of drug-likeness (QED) is 0.473. The van der Waals surface area contributed by atoms with Crippen LogP contribution in [0.5, 0.6) is 0 Å². The van der Waals surface area contributed by atoms with Gasteiger partial charge in [0.15, 0.2) is 17.0 Å². The fourth-order valence-electron chi connectivity index (χ4n) is 0.791. The number of hydrogen-bond donors (Lipinski definition) is 0. The molecule has 0 amide bonds. The lowest BCUT2D eigenvalue weighted by Gasteiger charge is -2.17. The molecule has 0 fully saturated rings. The molecule has 0 bridgehead atoms. The summed E-state index contributed by atoms with van der Waals surface area (Å²) in [6.07, 6.45) is 1.14. The van der Waals surface area contributed by atoms with Crippen LogP contribution in [0.4, 0.5) is 0 Å². The molecule has 1 atom stereocenters. The van der Waals surface area contributed by atoms with Crippen LogP contribution in [0, 0.1) is 0 Å². The number of hydrogen-bond acceptors (Lipinski definition) is 2. The first-order valence-electron chi connectivity index (χ1n) is 3.24. The Hall–Kier alpha value is 0.407. The van der Waals surface area contributed by atoms with E-state index in [1.807, 2.05) is 0 Å². The van der Waals surface area contributed by atoms with Crippen LogP contribution in [-0.2, 0) is 8.78 Å². The van der Waals surface area contributed by atoms with E-state index >= 15 is 0 Å². The Bertz CT molecular complexity index is 95.0. The van der Waals surface area contributed by atoms with E-state index in [2.05, 4.69) is 20.0 Å². The minimum atomic E-state index is -1.48. The van der Waals surface area contributed by atoms with E-state index in [1.165, 1.54) is 0 Å². The molecule has 4 heteroatoms. The van der Waals surface area contributed by atoms with Gasteiger partial charge in [0.25, 0.3) is 0 Å². The monoisotopic (exact) mass is 166 g/mol. The molecular weight excluding hydrogens is 151 g/mol. The van der Waals surface area contributed by atoms with Crippen molar-refractivity contribution in [1.29, 1.82) is 0 Å². The third kappa shape index (κ3) is 4.88. The average Bonchev–Trinajstić information content (AvgIpc) is 1.64. The summed E-state index contributed by atoms with van der Waals surface area (Å²) in [7, 11) is -2.46. The van der Waals surface area contributed by atoms with Crippen LogP contribution in [0.3, 0.4) is 0 Å². The van der Waals surface area contributed by atoms with Crippen molar-refractivity contribution in [3.63, 3.8) is 0 Å². The molecule has 56 valence electrons. The molecule has 0 radical (unpaired) electrons. The predicted molar refractivity (Wildman–Crippen MR) is 44.1 cm³/mol. The Balaban J connectivity index is 3.55. The lowest BCUT2D eigenvalue weighted by atomic mass is 10.6. The summed E-state index contributed by atoms with van der Waals surface area (Å²) in [5, 5.41) is 0. The molecule has 0 aliphatic rings. The fourth-order valence-corrected chi connectivity index (χ4v) is 3.51. The second kappa shape index (κ2) is 4.26. The lowest BCUT2D eigenvalue weighted by Crippen LogP contribution is -2.25. The predicted octanol–water partition coefficient (Wildman–Crippen LogP) is 2.29. The normalized spacial score (nSPS) is 13.2. The van der Waals surface area contributed by atoms with E-state index in [0.717, 1.165) is 12.5 Å². The Labute approximate surface area is 59.0 Å². The Morgan fingerprint density at radius 2 is 2.11 bits per heavy atom. The fraction of sp³-hybridized carbons (Fsp3) is 1.00. The molecule has 0 saturated heterocycles. The van der Waals surface area contributed by atoms with Gasteiger partial charge in [-0.1, -0.05) is 13.3 Å². The second-order valence-electron chi connectivity index (χ2n) is 2.72. The molecule has 0 heterocycles. The summed E-state index contributed by atoms with van der Waals surface area (Å²) in [6.45, 7) is 6.32. The molecule has 0 aliphatic heterocycles. The SMILES string of the molecule is CCC[Si](C)(C)O[PH2]=O. The zero-order valence-electron chi connectivity index (χ0n) is 6.31. The molecule has 0 aromatic carbocycles. The molecule has 2 nitrogen and oxygen atoms in total. The van der Waals surface area contributed by atoms with Crippen LogP contribution in [0.15, 0.2) is 0 Å². The van der Waals surface area contributed by atoms with E-state index in [1.54, 1.807) is 0 Å². The van der Waals surface area contributed by atoms with Crippen LogP contribution in [-0.4, -0.2) is 8.32 Å². The summed E-state index contributed by atoms with van der Waals surface area (Å²) in [4.78, 5) is 0. The van der Waals surface area contributed by atoms with Crippen LogP contribution in [0.25, 0.3) is 0 Å². The van der Waals surface area contributed by atoms with Gasteiger partial charge in [0.1, 0.15) is 0 Å².